The number of hydrogen-bond donors (Lipinski definition) is 6. The molecular formula is C34H56N6O5. The SMILES string of the molecule is C=C(O)C(=C)N1CCN(C2CCN(Cc3ccc(O)cc3C(=C)N)CC2)C(CC)C1.C=C(OC(CO)=NC)/C(C)=C(/C)N.CO. The quantitative estimate of drug-likeness (QED) is 0.0975. The Morgan fingerprint density at radius 1 is 1.04 bits per heavy atom. The first-order chi connectivity index (χ1) is 21.3. The summed E-state index contributed by atoms with van der Waals surface area (Å²) in [6, 6.07) is 6.42. The van der Waals surface area contributed by atoms with Crippen molar-refractivity contribution in [2.45, 2.75) is 58.7 Å². The van der Waals surface area contributed by atoms with Crippen LogP contribution in [0.25, 0.3) is 5.70 Å². The molecule has 11 nitrogen and oxygen atoms in total. The van der Waals surface area contributed by atoms with Crippen LogP contribution in [0.5, 0.6) is 5.75 Å². The van der Waals surface area contributed by atoms with Gasteiger partial charge in [0.2, 0.25) is 5.90 Å². The third-order valence-corrected chi connectivity index (χ3v) is 8.21. The second-order valence-electron chi connectivity index (χ2n) is 11.1. The van der Waals surface area contributed by atoms with Crippen LogP contribution in [0.4, 0.5) is 0 Å². The Kier molecular flexibility index (Phi) is 17.1. The van der Waals surface area contributed by atoms with Gasteiger partial charge in [-0.05, 0) is 63.9 Å². The number of aliphatic imine (C=N–C) groups is 1. The highest BCUT2D eigenvalue weighted by Gasteiger charge is 2.33. The van der Waals surface area contributed by atoms with Gasteiger partial charge in [-0.2, -0.15) is 0 Å². The predicted molar refractivity (Wildman–Crippen MR) is 184 cm³/mol. The molecule has 45 heavy (non-hydrogen) atoms. The zero-order chi connectivity index (χ0) is 34.3. The van der Waals surface area contributed by atoms with Crippen LogP contribution < -0.4 is 11.5 Å². The molecule has 0 saturated carbocycles. The Balaban J connectivity index is 0.000000570. The molecule has 0 aromatic heterocycles. The molecule has 0 spiro atoms. The number of ether oxygens (including phenoxy) is 1. The minimum Gasteiger partial charge on any atom is -0.508 e. The van der Waals surface area contributed by atoms with Gasteiger partial charge < -0.3 is 41.5 Å². The lowest BCUT2D eigenvalue weighted by Gasteiger charge is -2.48. The Morgan fingerprint density at radius 2 is 1.67 bits per heavy atom. The summed E-state index contributed by atoms with van der Waals surface area (Å²) in [5.41, 5.74) is 15.9. The summed E-state index contributed by atoms with van der Waals surface area (Å²) in [6.07, 6.45) is 3.36. The first-order valence-corrected chi connectivity index (χ1v) is 15.2. The lowest BCUT2D eigenvalue weighted by Crippen LogP contribution is -2.57. The fourth-order valence-corrected chi connectivity index (χ4v) is 5.38. The summed E-state index contributed by atoms with van der Waals surface area (Å²) >= 11 is 0. The summed E-state index contributed by atoms with van der Waals surface area (Å²) in [7, 11) is 2.53. The largest absolute Gasteiger partial charge is 0.508 e. The molecule has 252 valence electrons. The van der Waals surface area contributed by atoms with E-state index in [9.17, 15) is 10.2 Å². The second kappa shape index (κ2) is 19.6. The molecule has 0 bridgehead atoms. The van der Waals surface area contributed by atoms with Crippen molar-refractivity contribution in [3.8, 4) is 5.75 Å². The number of aliphatic hydroxyl groups is 3. The van der Waals surface area contributed by atoms with E-state index in [1.54, 1.807) is 26.0 Å². The molecular weight excluding hydrogens is 572 g/mol. The van der Waals surface area contributed by atoms with Crippen LogP contribution in [0.3, 0.4) is 0 Å². The van der Waals surface area contributed by atoms with Gasteiger partial charge in [0.15, 0.2) is 0 Å². The van der Waals surface area contributed by atoms with Gasteiger partial charge >= 0.3 is 0 Å². The first-order valence-electron chi connectivity index (χ1n) is 15.2. The molecule has 1 atom stereocenters. The number of rotatable bonds is 10. The fraction of sp³-hybridized carbons (Fsp3) is 0.500. The maximum absolute atomic E-state index is 9.76. The van der Waals surface area contributed by atoms with Gasteiger partial charge in [0, 0.05) is 75.0 Å². The molecule has 0 amide bonds. The number of hydrogen-bond acceptors (Lipinski definition) is 11. The number of benzene rings is 1. The molecule has 2 fully saturated rings. The van der Waals surface area contributed by atoms with Crippen molar-refractivity contribution in [1.29, 1.82) is 0 Å². The number of likely N-dealkylation sites (tertiary alicyclic amines) is 1. The van der Waals surface area contributed by atoms with E-state index in [1.165, 1.54) is 7.05 Å². The Hall–Kier alpha value is -3.77. The van der Waals surface area contributed by atoms with Crippen LogP contribution in [0.15, 0.2) is 78.0 Å². The maximum Gasteiger partial charge on any atom is 0.215 e. The van der Waals surface area contributed by atoms with Crippen molar-refractivity contribution in [2.24, 2.45) is 16.5 Å². The standard InChI is InChI=1S/C24H36N4O2.C9H16N2O2.CH4O/c1-5-21-16-27(18(3)19(4)29)12-13-28(21)22-8-10-26(11-9-22)15-20-6-7-23(30)14-24(20)17(2)25;1-6(7(2)10)8(3)13-9(5-12)11-4;1-2/h6-7,14,21-22,29-30H,2-5,8-13,15-16,25H2,1H3;12H,3,5,10H2,1-2,4H3;2H,1H3/b;7-6-,11-9?;. The topological polar surface area (TPSA) is 164 Å². The van der Waals surface area contributed by atoms with Crippen molar-refractivity contribution in [3.05, 3.63) is 84.1 Å². The summed E-state index contributed by atoms with van der Waals surface area (Å²) in [6.45, 7) is 26.3. The average molecular weight is 629 g/mol. The van der Waals surface area contributed by atoms with Crippen molar-refractivity contribution in [3.63, 3.8) is 0 Å². The molecule has 2 aliphatic rings. The molecule has 8 N–H and O–H groups in total. The zero-order valence-corrected chi connectivity index (χ0v) is 27.9. The van der Waals surface area contributed by atoms with Gasteiger partial charge in [0.05, 0.1) is 5.70 Å². The van der Waals surface area contributed by atoms with E-state index < -0.39 is 0 Å². The molecule has 2 saturated heterocycles. The highest BCUT2D eigenvalue weighted by molar-refractivity contribution is 5.78. The van der Waals surface area contributed by atoms with E-state index in [-0.39, 0.29) is 24.0 Å². The number of aromatic hydroxyl groups is 1. The van der Waals surface area contributed by atoms with Crippen molar-refractivity contribution in [2.75, 3.05) is 53.5 Å². The van der Waals surface area contributed by atoms with E-state index in [2.05, 4.69) is 52.9 Å². The van der Waals surface area contributed by atoms with E-state index in [0.717, 1.165) is 82.3 Å². The minimum atomic E-state index is -0.244. The Labute approximate surface area is 269 Å². The van der Waals surface area contributed by atoms with Gasteiger partial charge in [0.25, 0.3) is 0 Å². The van der Waals surface area contributed by atoms with E-state index >= 15 is 0 Å². The van der Waals surface area contributed by atoms with Crippen LogP contribution in [-0.4, -0.2) is 107 Å². The number of phenols is 1. The number of nitrogens with zero attached hydrogens (tertiary/aromatic N) is 4. The van der Waals surface area contributed by atoms with Crippen LogP contribution in [-0.2, 0) is 11.3 Å². The van der Waals surface area contributed by atoms with Crippen molar-refractivity contribution < 1.29 is 25.2 Å². The molecule has 0 radical (unpaired) electrons. The number of piperidine rings is 1. The lowest BCUT2D eigenvalue weighted by atomic mass is 9.97. The summed E-state index contributed by atoms with van der Waals surface area (Å²) in [4.78, 5) is 11.0. The maximum atomic E-state index is 9.76. The average Bonchev–Trinajstić information content (AvgIpc) is 3.04. The molecule has 1 unspecified atom stereocenters. The third kappa shape index (κ3) is 11.9. The summed E-state index contributed by atoms with van der Waals surface area (Å²) in [5.74, 6) is 0.928. The lowest BCUT2D eigenvalue weighted by molar-refractivity contribution is 0.0221. The summed E-state index contributed by atoms with van der Waals surface area (Å²) in [5, 5.41) is 35.2. The fourth-order valence-electron chi connectivity index (χ4n) is 5.38. The molecule has 1 aromatic carbocycles. The van der Waals surface area contributed by atoms with Crippen molar-refractivity contribution >= 4 is 11.6 Å². The van der Waals surface area contributed by atoms with Crippen LogP contribution in [0.1, 0.15) is 51.2 Å². The molecule has 3 rings (SSSR count). The van der Waals surface area contributed by atoms with Gasteiger partial charge in [0.1, 0.15) is 23.9 Å². The molecule has 1 aromatic rings. The monoisotopic (exact) mass is 628 g/mol. The third-order valence-electron chi connectivity index (χ3n) is 8.21. The smallest absolute Gasteiger partial charge is 0.215 e. The van der Waals surface area contributed by atoms with Crippen LogP contribution in [0.2, 0.25) is 0 Å². The molecule has 0 aliphatic carbocycles. The van der Waals surface area contributed by atoms with Gasteiger partial charge in [-0.25, -0.2) is 0 Å². The predicted octanol–water partition coefficient (Wildman–Crippen LogP) is 3.67. The van der Waals surface area contributed by atoms with Gasteiger partial charge in [-0.1, -0.05) is 39.3 Å². The Bertz CT molecular complexity index is 1220. The number of allylic oxidation sites excluding steroid dienone is 2. The van der Waals surface area contributed by atoms with Crippen LogP contribution >= 0.6 is 0 Å². The number of nitrogens with two attached hydrogens (primary N) is 2. The number of phenolic OH excluding ortho intramolecular Hbond substituents is 1. The van der Waals surface area contributed by atoms with Gasteiger partial charge in [-0.15, -0.1) is 0 Å². The van der Waals surface area contributed by atoms with Gasteiger partial charge in [-0.3, -0.25) is 14.8 Å². The normalized spacial score (nSPS) is 18.4. The molecule has 11 heteroatoms. The van der Waals surface area contributed by atoms with Crippen LogP contribution in [0, 0.1) is 0 Å². The number of aliphatic hydroxyl groups excluding tert-OH is 3. The van der Waals surface area contributed by atoms with Crippen molar-refractivity contribution in [1.82, 2.24) is 14.7 Å². The highest BCUT2D eigenvalue weighted by Crippen LogP contribution is 2.27. The number of piperazine rings is 1. The zero-order valence-electron chi connectivity index (χ0n) is 27.9. The highest BCUT2D eigenvalue weighted by atomic mass is 16.5. The molecule has 2 heterocycles. The second-order valence-corrected chi connectivity index (χ2v) is 11.1. The summed E-state index contributed by atoms with van der Waals surface area (Å²) < 4.78 is 5.14. The first kappa shape index (κ1) is 39.3. The van der Waals surface area contributed by atoms with E-state index in [1.807, 2.05) is 6.07 Å². The minimum absolute atomic E-state index is 0.0698. The molecule has 2 aliphatic heterocycles. The van der Waals surface area contributed by atoms with E-state index in [4.69, 9.17) is 26.4 Å². The van der Waals surface area contributed by atoms with E-state index in [0.29, 0.717) is 34.9 Å². The Morgan fingerprint density at radius 3 is 2.16 bits per heavy atom.